The Morgan fingerprint density at radius 2 is 1.85 bits per heavy atom. The summed E-state index contributed by atoms with van der Waals surface area (Å²) in [6.07, 6.45) is 3.21. The molecule has 2 aromatic carbocycles. The van der Waals surface area contributed by atoms with Crippen molar-refractivity contribution in [3.63, 3.8) is 0 Å². The van der Waals surface area contributed by atoms with E-state index >= 15 is 0 Å². The molecule has 210 valence electrons. The summed E-state index contributed by atoms with van der Waals surface area (Å²) < 4.78 is 12.3. The third kappa shape index (κ3) is 5.06. The third-order valence-corrected chi connectivity index (χ3v) is 7.95. The van der Waals surface area contributed by atoms with Crippen LogP contribution in [-0.2, 0) is 19.1 Å². The molecule has 0 aliphatic carbocycles. The summed E-state index contributed by atoms with van der Waals surface area (Å²) in [5.74, 6) is -1.00. The van der Waals surface area contributed by atoms with E-state index in [1.165, 1.54) is 17.6 Å². The summed E-state index contributed by atoms with van der Waals surface area (Å²) in [6.45, 7) is 9.19. The molecule has 0 N–H and O–H groups in total. The monoisotopic (exact) mass is 571 g/mol. The number of nitrogens with zero attached hydrogens (tertiary/aromatic N) is 3. The third-order valence-electron chi connectivity index (χ3n) is 6.89. The lowest BCUT2D eigenvalue weighted by Crippen LogP contribution is -2.41. The van der Waals surface area contributed by atoms with Gasteiger partial charge in [-0.2, -0.15) is 0 Å². The van der Waals surface area contributed by atoms with Gasteiger partial charge in [0.05, 0.1) is 28.6 Å². The number of esters is 2. The number of hydrogen-bond donors (Lipinski definition) is 0. The zero-order valence-electron chi connectivity index (χ0n) is 23.0. The van der Waals surface area contributed by atoms with Crippen LogP contribution < -0.4 is 24.5 Å². The number of carbonyl (C=O) groups excluding carboxylic acids is 3. The molecule has 0 bridgehead atoms. The molecular weight excluding hydrogens is 542 g/mol. The highest BCUT2D eigenvalue weighted by molar-refractivity contribution is 7.07. The van der Waals surface area contributed by atoms with Crippen LogP contribution in [0.15, 0.2) is 82.2 Å². The van der Waals surface area contributed by atoms with Crippen LogP contribution in [0.1, 0.15) is 50.8 Å². The van der Waals surface area contributed by atoms with E-state index in [9.17, 15) is 19.2 Å². The molecule has 41 heavy (non-hydrogen) atoms. The average molecular weight is 572 g/mol. The molecule has 0 saturated heterocycles. The van der Waals surface area contributed by atoms with Crippen LogP contribution in [0.25, 0.3) is 5.57 Å². The molecule has 0 spiro atoms. The van der Waals surface area contributed by atoms with E-state index in [0.29, 0.717) is 39.5 Å². The second-order valence-corrected chi connectivity index (χ2v) is 10.6. The average Bonchev–Trinajstić information content (AvgIpc) is 3.41. The van der Waals surface area contributed by atoms with E-state index in [2.05, 4.69) is 18.5 Å². The number of ether oxygens (including phenoxy) is 2. The molecule has 0 saturated carbocycles. The lowest BCUT2D eigenvalue weighted by molar-refractivity contribution is -0.138. The minimum atomic E-state index is -0.882. The first kappa shape index (κ1) is 28.0. The zero-order chi connectivity index (χ0) is 29.3. The van der Waals surface area contributed by atoms with Gasteiger partial charge in [-0.15, -0.1) is 0 Å². The van der Waals surface area contributed by atoms with Gasteiger partial charge in [-0.25, -0.2) is 9.79 Å². The van der Waals surface area contributed by atoms with Gasteiger partial charge in [0.2, 0.25) is 0 Å². The van der Waals surface area contributed by atoms with Gasteiger partial charge in [-0.1, -0.05) is 67.7 Å². The van der Waals surface area contributed by atoms with Crippen LogP contribution >= 0.6 is 11.3 Å². The molecule has 2 aliphatic rings. The molecule has 2 aliphatic heterocycles. The Hall–Kier alpha value is -4.57. The summed E-state index contributed by atoms with van der Waals surface area (Å²) in [7, 11) is 0. The summed E-state index contributed by atoms with van der Waals surface area (Å²) in [5.41, 5.74) is 2.55. The van der Waals surface area contributed by atoms with Gasteiger partial charge in [-0.3, -0.25) is 19.0 Å². The minimum absolute atomic E-state index is 0.0127. The first-order valence-corrected chi connectivity index (χ1v) is 14.1. The van der Waals surface area contributed by atoms with Crippen LogP contribution in [0.4, 0.5) is 5.69 Å². The molecule has 9 nitrogen and oxygen atoms in total. The highest BCUT2D eigenvalue weighted by Crippen LogP contribution is 2.36. The number of thiazole rings is 1. The van der Waals surface area contributed by atoms with Crippen molar-refractivity contribution < 1.29 is 23.9 Å². The van der Waals surface area contributed by atoms with Crippen LogP contribution in [0, 0.1) is 0 Å². The molecule has 1 atom stereocenters. The van der Waals surface area contributed by atoms with Gasteiger partial charge in [0.1, 0.15) is 16.9 Å². The van der Waals surface area contributed by atoms with E-state index in [1.807, 2.05) is 24.3 Å². The largest absolute Gasteiger partial charge is 0.458 e. The Bertz CT molecular complexity index is 1780. The molecule has 1 amide bonds. The fourth-order valence-corrected chi connectivity index (χ4v) is 6.22. The second-order valence-electron chi connectivity index (χ2n) is 9.65. The van der Waals surface area contributed by atoms with Crippen LogP contribution in [0.3, 0.4) is 0 Å². The van der Waals surface area contributed by atoms with Gasteiger partial charge in [0.25, 0.3) is 11.5 Å². The topological polar surface area (TPSA) is 107 Å². The maximum Gasteiger partial charge on any atom is 0.338 e. The number of allylic oxidation sites excluding steroid dienone is 1. The van der Waals surface area contributed by atoms with Crippen LogP contribution in [-0.4, -0.2) is 35.6 Å². The maximum atomic E-state index is 14.2. The number of benzene rings is 2. The van der Waals surface area contributed by atoms with E-state index in [-0.39, 0.29) is 22.6 Å². The Balaban J connectivity index is 1.73. The zero-order valence-corrected chi connectivity index (χ0v) is 23.8. The predicted molar refractivity (Wildman–Crippen MR) is 155 cm³/mol. The van der Waals surface area contributed by atoms with Crippen molar-refractivity contribution in [1.29, 1.82) is 0 Å². The molecule has 3 heterocycles. The molecule has 0 fully saturated rings. The number of hydrogen-bond acceptors (Lipinski definition) is 8. The van der Waals surface area contributed by atoms with E-state index in [0.717, 1.165) is 29.9 Å². The summed E-state index contributed by atoms with van der Waals surface area (Å²) in [6, 6.07) is 13.1. The number of anilines is 1. The quantitative estimate of drug-likeness (QED) is 0.233. The van der Waals surface area contributed by atoms with Gasteiger partial charge >= 0.3 is 11.9 Å². The standard InChI is InChI=1S/C31H29N3O6S/c1-5-7-16-33-23-11-9-8-10-22(23)25(28(33)36)27-29(37)34-26(20-12-14-21(15-13-20)40-19(4)35)24(30(38)39-17-6-2)18(3)32-31(34)41-27/h6,8-15,26H,2,5,7,16-17H2,1,3-4H3. The smallest absolute Gasteiger partial charge is 0.338 e. The lowest BCUT2D eigenvalue weighted by atomic mass is 9.96. The van der Waals surface area contributed by atoms with Crippen molar-refractivity contribution in [3.05, 3.63) is 103 Å². The minimum Gasteiger partial charge on any atom is -0.458 e. The molecule has 3 aromatic rings. The number of para-hydroxylation sites is 1. The predicted octanol–water partition coefficient (Wildman–Crippen LogP) is 3.41. The molecular formula is C31H29N3O6S. The van der Waals surface area contributed by atoms with Crippen molar-refractivity contribution in [2.24, 2.45) is 4.99 Å². The number of carbonyl (C=O) groups is 3. The van der Waals surface area contributed by atoms with Crippen molar-refractivity contribution in [3.8, 4) is 5.75 Å². The molecule has 10 heteroatoms. The Labute approximate surface area is 240 Å². The SMILES string of the molecule is C=CCOC(=O)C1=C(C)N=c2sc(=C3C(=O)N(CCCC)c4ccccc43)c(=O)n2C1c1ccc(OC(C)=O)cc1. The summed E-state index contributed by atoms with van der Waals surface area (Å²) in [4.78, 5) is 59.4. The number of fused-ring (bicyclic) bond motifs is 2. The highest BCUT2D eigenvalue weighted by atomic mass is 32.1. The number of unbranched alkanes of at least 4 members (excludes halogenated alkanes) is 1. The van der Waals surface area contributed by atoms with E-state index in [4.69, 9.17) is 9.47 Å². The number of rotatable bonds is 8. The first-order chi connectivity index (χ1) is 19.8. The van der Waals surface area contributed by atoms with Crippen LogP contribution in [0.5, 0.6) is 5.75 Å². The van der Waals surface area contributed by atoms with Gasteiger partial charge < -0.3 is 14.4 Å². The van der Waals surface area contributed by atoms with Gasteiger partial charge in [0.15, 0.2) is 4.80 Å². The van der Waals surface area contributed by atoms with Gasteiger partial charge in [0, 0.05) is 19.0 Å². The Morgan fingerprint density at radius 1 is 1.12 bits per heavy atom. The van der Waals surface area contributed by atoms with E-state index < -0.39 is 23.5 Å². The maximum absolute atomic E-state index is 14.2. The van der Waals surface area contributed by atoms with Crippen LogP contribution in [0.2, 0.25) is 0 Å². The lowest BCUT2D eigenvalue weighted by Gasteiger charge is -2.24. The Morgan fingerprint density at radius 3 is 2.54 bits per heavy atom. The number of amides is 1. The molecule has 1 unspecified atom stereocenters. The van der Waals surface area contributed by atoms with Crippen molar-refractivity contribution in [2.75, 3.05) is 18.1 Å². The molecule has 0 radical (unpaired) electrons. The fourth-order valence-electron chi connectivity index (χ4n) is 5.08. The fraction of sp³-hybridized carbons (Fsp3) is 0.258. The summed E-state index contributed by atoms with van der Waals surface area (Å²) >= 11 is 1.13. The number of aromatic nitrogens is 1. The van der Waals surface area contributed by atoms with Crippen molar-refractivity contribution >= 4 is 40.4 Å². The molecule has 1 aromatic heterocycles. The van der Waals surface area contributed by atoms with Crippen molar-refractivity contribution in [2.45, 2.75) is 39.7 Å². The second kappa shape index (κ2) is 11.5. The van der Waals surface area contributed by atoms with E-state index in [1.54, 1.807) is 36.1 Å². The normalized spacial score (nSPS) is 17.1. The first-order valence-electron chi connectivity index (χ1n) is 13.3. The summed E-state index contributed by atoms with van der Waals surface area (Å²) in [5, 5.41) is 0. The Kier molecular flexibility index (Phi) is 7.85. The van der Waals surface area contributed by atoms with Gasteiger partial charge in [-0.05, 0) is 37.1 Å². The van der Waals surface area contributed by atoms with Crippen molar-refractivity contribution in [1.82, 2.24) is 4.57 Å². The molecule has 5 rings (SSSR count). The highest BCUT2D eigenvalue weighted by Gasteiger charge is 2.37.